The van der Waals surface area contributed by atoms with Crippen LogP contribution in [0.15, 0.2) is 48.2 Å². The van der Waals surface area contributed by atoms with E-state index in [1.165, 1.54) is 5.57 Å². The van der Waals surface area contributed by atoms with Crippen molar-refractivity contribution in [2.24, 2.45) is 0 Å². The van der Waals surface area contributed by atoms with E-state index in [1.54, 1.807) is 12.3 Å². The topological polar surface area (TPSA) is 60.5 Å². The maximum atomic E-state index is 12.6. The van der Waals surface area contributed by atoms with Gasteiger partial charge in [0.25, 0.3) is 5.91 Å². The van der Waals surface area contributed by atoms with Gasteiger partial charge >= 0.3 is 0 Å². The highest BCUT2D eigenvalue weighted by Gasteiger charge is 2.28. The summed E-state index contributed by atoms with van der Waals surface area (Å²) in [5.74, 6) is -0.114. The van der Waals surface area contributed by atoms with Gasteiger partial charge in [-0.2, -0.15) is 0 Å². The first kappa shape index (κ1) is 17.6. The summed E-state index contributed by atoms with van der Waals surface area (Å²) in [5.41, 5.74) is 2.72. The molecule has 132 valence electrons. The molecule has 1 N–H and O–H groups in total. The fraction of sp³-hybridized carbons (Fsp3) is 0.400. The van der Waals surface area contributed by atoms with Crippen molar-refractivity contribution in [2.45, 2.75) is 32.4 Å². The van der Waals surface area contributed by atoms with Crippen molar-refractivity contribution >= 4 is 16.8 Å². The second kappa shape index (κ2) is 8.23. The van der Waals surface area contributed by atoms with E-state index in [1.807, 2.05) is 44.2 Å². The second-order valence-electron chi connectivity index (χ2n) is 6.51. The third kappa shape index (κ3) is 4.65. The molecule has 1 saturated heterocycles. The molecule has 2 aromatic rings. The number of amides is 1. The Balaban J connectivity index is 1.67. The van der Waals surface area contributed by atoms with Crippen LogP contribution in [0.4, 0.5) is 0 Å². The SMILES string of the molecule is CC(C)=CCO[C@@H]1CCOC[C@@H]1NC(=O)c1ccc2ncccc2c1. The van der Waals surface area contributed by atoms with Gasteiger partial charge in [0, 0.05) is 23.8 Å². The summed E-state index contributed by atoms with van der Waals surface area (Å²) in [4.78, 5) is 16.9. The lowest BCUT2D eigenvalue weighted by Crippen LogP contribution is -2.50. The predicted octanol–water partition coefficient (Wildman–Crippen LogP) is 3.10. The van der Waals surface area contributed by atoms with Crippen LogP contribution in [0, 0.1) is 0 Å². The highest BCUT2D eigenvalue weighted by atomic mass is 16.5. The number of pyridine rings is 1. The van der Waals surface area contributed by atoms with E-state index in [4.69, 9.17) is 9.47 Å². The Bertz CT molecular complexity index is 768. The minimum absolute atomic E-state index is 0.0320. The maximum Gasteiger partial charge on any atom is 0.251 e. The number of hydrogen-bond acceptors (Lipinski definition) is 4. The molecule has 0 unspecified atom stereocenters. The van der Waals surface area contributed by atoms with E-state index >= 15 is 0 Å². The van der Waals surface area contributed by atoms with Crippen molar-refractivity contribution in [3.05, 3.63) is 53.7 Å². The van der Waals surface area contributed by atoms with Gasteiger partial charge in [-0.05, 0) is 44.5 Å². The van der Waals surface area contributed by atoms with Gasteiger partial charge < -0.3 is 14.8 Å². The largest absolute Gasteiger partial charge is 0.379 e. The molecule has 1 aliphatic rings. The van der Waals surface area contributed by atoms with Crippen molar-refractivity contribution < 1.29 is 14.3 Å². The lowest BCUT2D eigenvalue weighted by atomic mass is 10.0. The first-order valence-corrected chi connectivity index (χ1v) is 8.62. The number of rotatable bonds is 5. The number of benzene rings is 1. The highest BCUT2D eigenvalue weighted by molar-refractivity contribution is 5.98. The molecule has 1 aromatic heterocycles. The van der Waals surface area contributed by atoms with E-state index in [9.17, 15) is 4.79 Å². The standard InChI is InChI=1S/C20H24N2O3/c1-14(2)7-11-25-19-8-10-24-13-18(19)22-20(23)16-5-6-17-15(12-16)4-3-9-21-17/h3-7,9,12,18-19H,8,10-11,13H2,1-2H3,(H,22,23)/t18-,19+/m0/s1. The predicted molar refractivity (Wildman–Crippen MR) is 97.6 cm³/mol. The van der Waals surface area contributed by atoms with E-state index in [2.05, 4.69) is 10.3 Å². The van der Waals surface area contributed by atoms with E-state index < -0.39 is 0 Å². The molecule has 1 aromatic carbocycles. The molecule has 0 bridgehead atoms. The summed E-state index contributed by atoms with van der Waals surface area (Å²) in [6, 6.07) is 9.20. The third-order valence-corrected chi connectivity index (χ3v) is 4.28. The Morgan fingerprint density at radius 3 is 3.12 bits per heavy atom. The summed E-state index contributed by atoms with van der Waals surface area (Å²) in [7, 11) is 0. The minimum atomic E-state index is -0.142. The normalized spacial score (nSPS) is 20.2. The zero-order valence-electron chi connectivity index (χ0n) is 14.7. The molecule has 0 spiro atoms. The van der Waals surface area contributed by atoms with Gasteiger partial charge in [-0.1, -0.05) is 17.7 Å². The lowest BCUT2D eigenvalue weighted by molar-refractivity contribution is -0.0457. The van der Waals surface area contributed by atoms with Gasteiger partial charge in [-0.15, -0.1) is 0 Å². The Morgan fingerprint density at radius 1 is 1.40 bits per heavy atom. The van der Waals surface area contributed by atoms with Gasteiger partial charge in [0.15, 0.2) is 0 Å². The Labute approximate surface area is 148 Å². The van der Waals surface area contributed by atoms with Crippen LogP contribution in [-0.4, -0.2) is 42.9 Å². The minimum Gasteiger partial charge on any atom is -0.379 e. The van der Waals surface area contributed by atoms with Crippen molar-refractivity contribution in [1.29, 1.82) is 0 Å². The molecule has 1 aliphatic heterocycles. The first-order valence-electron chi connectivity index (χ1n) is 8.62. The second-order valence-corrected chi connectivity index (χ2v) is 6.51. The molecule has 5 heteroatoms. The number of allylic oxidation sites excluding steroid dienone is 1. The van der Waals surface area contributed by atoms with Crippen LogP contribution in [0.1, 0.15) is 30.6 Å². The van der Waals surface area contributed by atoms with Crippen molar-refractivity contribution in [2.75, 3.05) is 19.8 Å². The summed E-state index contributed by atoms with van der Waals surface area (Å²) in [6.07, 6.45) is 4.54. The van der Waals surface area contributed by atoms with Crippen LogP contribution in [0.25, 0.3) is 10.9 Å². The number of carbonyl (C=O) groups excluding carboxylic acids is 1. The monoisotopic (exact) mass is 340 g/mol. The number of ether oxygens (including phenoxy) is 2. The van der Waals surface area contributed by atoms with Crippen LogP contribution in [0.2, 0.25) is 0 Å². The van der Waals surface area contributed by atoms with Gasteiger partial charge in [0.1, 0.15) is 0 Å². The van der Waals surface area contributed by atoms with Crippen molar-refractivity contribution in [3.8, 4) is 0 Å². The molecule has 0 radical (unpaired) electrons. The van der Waals surface area contributed by atoms with E-state index in [0.29, 0.717) is 25.4 Å². The van der Waals surface area contributed by atoms with Gasteiger partial charge in [-0.25, -0.2) is 0 Å². The molecule has 5 nitrogen and oxygen atoms in total. The molecular formula is C20H24N2O3. The summed E-state index contributed by atoms with van der Waals surface area (Å²) < 4.78 is 11.5. The van der Waals surface area contributed by atoms with Crippen LogP contribution in [-0.2, 0) is 9.47 Å². The number of carbonyl (C=O) groups is 1. The fourth-order valence-corrected chi connectivity index (χ4v) is 2.86. The van der Waals surface area contributed by atoms with Gasteiger partial charge in [-0.3, -0.25) is 9.78 Å². The zero-order valence-corrected chi connectivity index (χ0v) is 14.7. The number of nitrogens with zero attached hydrogens (tertiary/aromatic N) is 1. The highest BCUT2D eigenvalue weighted by Crippen LogP contribution is 2.16. The number of hydrogen-bond donors (Lipinski definition) is 1. The average molecular weight is 340 g/mol. The Morgan fingerprint density at radius 2 is 2.28 bits per heavy atom. The molecule has 1 fully saturated rings. The molecule has 2 atom stereocenters. The number of aromatic nitrogens is 1. The van der Waals surface area contributed by atoms with Crippen LogP contribution in [0.5, 0.6) is 0 Å². The molecule has 2 heterocycles. The summed E-state index contributed by atoms with van der Waals surface area (Å²) >= 11 is 0. The van der Waals surface area contributed by atoms with E-state index in [0.717, 1.165) is 17.3 Å². The fourth-order valence-electron chi connectivity index (χ4n) is 2.86. The van der Waals surface area contributed by atoms with Gasteiger partial charge in [0.05, 0.1) is 30.9 Å². The third-order valence-electron chi connectivity index (χ3n) is 4.28. The maximum absolute atomic E-state index is 12.6. The van der Waals surface area contributed by atoms with Gasteiger partial charge in [0.2, 0.25) is 0 Å². The average Bonchev–Trinajstić information content (AvgIpc) is 2.62. The number of fused-ring (bicyclic) bond motifs is 1. The van der Waals surface area contributed by atoms with Crippen LogP contribution < -0.4 is 5.32 Å². The quantitative estimate of drug-likeness (QED) is 0.850. The Kier molecular flexibility index (Phi) is 5.79. The first-order chi connectivity index (χ1) is 12.1. The van der Waals surface area contributed by atoms with Crippen LogP contribution >= 0.6 is 0 Å². The Hall–Kier alpha value is -2.24. The molecular weight excluding hydrogens is 316 g/mol. The van der Waals surface area contributed by atoms with Crippen molar-refractivity contribution in [3.63, 3.8) is 0 Å². The lowest BCUT2D eigenvalue weighted by Gasteiger charge is -2.32. The van der Waals surface area contributed by atoms with E-state index in [-0.39, 0.29) is 18.1 Å². The molecule has 0 aliphatic carbocycles. The summed E-state index contributed by atoms with van der Waals surface area (Å²) in [6.45, 7) is 5.78. The molecule has 0 saturated carbocycles. The molecule has 1 amide bonds. The smallest absolute Gasteiger partial charge is 0.251 e. The number of nitrogens with one attached hydrogen (secondary N) is 1. The summed E-state index contributed by atoms with van der Waals surface area (Å²) in [5, 5.41) is 4.01. The zero-order chi connectivity index (χ0) is 17.6. The van der Waals surface area contributed by atoms with Crippen molar-refractivity contribution in [1.82, 2.24) is 10.3 Å². The molecule has 3 rings (SSSR count). The van der Waals surface area contributed by atoms with Crippen LogP contribution in [0.3, 0.4) is 0 Å². The molecule has 25 heavy (non-hydrogen) atoms.